The molecule has 0 radical (unpaired) electrons. The summed E-state index contributed by atoms with van der Waals surface area (Å²) in [7, 11) is 1.51. The van der Waals surface area contributed by atoms with Gasteiger partial charge >= 0.3 is 0 Å². The van der Waals surface area contributed by atoms with Gasteiger partial charge in [0.25, 0.3) is 5.91 Å². The first-order valence-corrected chi connectivity index (χ1v) is 12.6. The third-order valence-electron chi connectivity index (χ3n) is 6.31. The zero-order valence-electron chi connectivity index (χ0n) is 19.7. The van der Waals surface area contributed by atoms with Crippen molar-refractivity contribution in [3.63, 3.8) is 0 Å². The van der Waals surface area contributed by atoms with Crippen LogP contribution < -0.4 is 9.64 Å². The van der Waals surface area contributed by atoms with E-state index < -0.39 is 23.5 Å². The minimum atomic E-state index is -0.911. The van der Waals surface area contributed by atoms with Crippen molar-refractivity contribution < 1.29 is 23.8 Å². The van der Waals surface area contributed by atoms with Gasteiger partial charge in [-0.1, -0.05) is 64.9 Å². The lowest BCUT2D eigenvalue weighted by Crippen LogP contribution is -2.31. The number of para-hydroxylation sites is 1. The van der Waals surface area contributed by atoms with Crippen molar-refractivity contribution in [1.29, 1.82) is 0 Å². The number of hydrogen-bond donors (Lipinski definition) is 1. The van der Waals surface area contributed by atoms with Crippen LogP contribution in [-0.2, 0) is 4.79 Å². The van der Waals surface area contributed by atoms with Gasteiger partial charge in [-0.3, -0.25) is 14.5 Å². The Morgan fingerprint density at radius 3 is 2.73 bits per heavy atom. The molecule has 1 atom stereocenters. The van der Waals surface area contributed by atoms with Crippen molar-refractivity contribution in [1.82, 2.24) is 4.98 Å². The smallest absolute Gasteiger partial charge is 0.296 e. The topological polar surface area (TPSA) is 92.9 Å². The van der Waals surface area contributed by atoms with Gasteiger partial charge in [-0.25, -0.2) is 4.98 Å². The summed E-state index contributed by atoms with van der Waals surface area (Å²) in [6, 6.07) is 18.7. The minimum Gasteiger partial charge on any atom is -0.503 e. The summed E-state index contributed by atoms with van der Waals surface area (Å²) in [4.78, 5) is 33.3. The van der Waals surface area contributed by atoms with Crippen LogP contribution in [0.2, 0.25) is 5.02 Å². The number of fused-ring (bicyclic) bond motifs is 2. The summed E-state index contributed by atoms with van der Waals surface area (Å²) >= 11 is 7.41. The molecule has 0 aliphatic carbocycles. The zero-order chi connectivity index (χ0) is 25.8. The summed E-state index contributed by atoms with van der Waals surface area (Å²) in [5.41, 5.74) is 2.58. The maximum absolute atomic E-state index is 13.9. The molecule has 1 N–H and O–H groups in total. The summed E-state index contributed by atoms with van der Waals surface area (Å²) in [5, 5.41) is 12.6. The number of aryl methyl sites for hydroxylation is 1. The van der Waals surface area contributed by atoms with E-state index in [0.717, 1.165) is 10.3 Å². The number of halogens is 1. The van der Waals surface area contributed by atoms with Crippen LogP contribution in [0.15, 0.2) is 82.5 Å². The first kappa shape index (κ1) is 23.3. The summed E-state index contributed by atoms with van der Waals surface area (Å²) in [5.74, 6) is -1.48. The highest BCUT2D eigenvalue weighted by molar-refractivity contribution is 7.22. The van der Waals surface area contributed by atoms with E-state index in [1.807, 2.05) is 31.2 Å². The average Bonchev–Trinajstić information content (AvgIpc) is 3.57. The molecule has 1 amide bonds. The summed E-state index contributed by atoms with van der Waals surface area (Å²) in [6.07, 6.45) is 0. The molecule has 0 spiro atoms. The fraction of sp³-hybridized carbons (Fsp3) is 0.107. The van der Waals surface area contributed by atoms with Crippen LogP contribution in [0.1, 0.15) is 27.7 Å². The zero-order valence-corrected chi connectivity index (χ0v) is 21.3. The molecule has 0 saturated heterocycles. The Labute approximate surface area is 220 Å². The van der Waals surface area contributed by atoms with Gasteiger partial charge in [0, 0.05) is 10.4 Å². The van der Waals surface area contributed by atoms with Gasteiger partial charge in [-0.15, -0.1) is 0 Å². The number of hydrogen-bond acceptors (Lipinski definition) is 7. The predicted octanol–water partition coefficient (Wildman–Crippen LogP) is 6.80. The van der Waals surface area contributed by atoms with Crippen LogP contribution in [-0.4, -0.2) is 28.9 Å². The number of ether oxygens (including phenoxy) is 1. The Balaban J connectivity index is 1.52. The number of furan rings is 1. The molecule has 2 aromatic heterocycles. The van der Waals surface area contributed by atoms with Crippen LogP contribution in [0.5, 0.6) is 5.75 Å². The molecule has 5 aromatic rings. The van der Waals surface area contributed by atoms with Crippen molar-refractivity contribution in [2.75, 3.05) is 12.0 Å². The third kappa shape index (κ3) is 3.77. The number of nitrogens with zero attached hydrogens (tertiary/aromatic N) is 2. The van der Waals surface area contributed by atoms with E-state index in [9.17, 15) is 14.7 Å². The van der Waals surface area contributed by atoms with Crippen molar-refractivity contribution >= 4 is 60.9 Å². The first-order valence-electron chi connectivity index (χ1n) is 11.4. The van der Waals surface area contributed by atoms with Gasteiger partial charge < -0.3 is 14.3 Å². The Morgan fingerprint density at radius 2 is 1.95 bits per heavy atom. The molecule has 37 heavy (non-hydrogen) atoms. The van der Waals surface area contributed by atoms with Crippen LogP contribution in [0.25, 0.3) is 21.2 Å². The molecule has 6 rings (SSSR count). The Hall–Kier alpha value is -4.14. The maximum atomic E-state index is 13.9. The number of aliphatic hydroxyl groups excluding tert-OH is 1. The number of ketones is 1. The van der Waals surface area contributed by atoms with Crippen LogP contribution in [0.4, 0.5) is 5.13 Å². The molecule has 184 valence electrons. The fourth-order valence-corrected chi connectivity index (χ4v) is 5.89. The lowest BCUT2D eigenvalue weighted by atomic mass is 9.94. The lowest BCUT2D eigenvalue weighted by Gasteiger charge is -2.24. The average molecular weight is 531 g/mol. The molecule has 3 aromatic carbocycles. The molecule has 1 aliphatic heterocycles. The number of aromatic nitrogens is 1. The maximum Gasteiger partial charge on any atom is 0.296 e. The predicted molar refractivity (Wildman–Crippen MR) is 143 cm³/mol. The number of Topliss-reactive ketones (excluding diaryl/α,β-unsaturated/α-hetero) is 1. The van der Waals surface area contributed by atoms with E-state index in [0.29, 0.717) is 38.0 Å². The SMILES string of the molecule is COc1cccc2cc(C(=O)C3=C(O)C(=O)N(c4nc5ccc(Cl)cc5s4)C3c3cccc(C)c3)oc12. The van der Waals surface area contributed by atoms with Crippen LogP contribution in [0, 0.1) is 6.92 Å². The Bertz CT molecular complexity index is 1770. The van der Waals surface area contributed by atoms with E-state index >= 15 is 0 Å². The van der Waals surface area contributed by atoms with Crippen LogP contribution in [0.3, 0.4) is 0 Å². The van der Waals surface area contributed by atoms with E-state index in [1.165, 1.54) is 23.3 Å². The van der Waals surface area contributed by atoms with E-state index in [4.69, 9.17) is 20.8 Å². The van der Waals surface area contributed by atoms with Crippen molar-refractivity contribution in [3.05, 3.63) is 100.0 Å². The molecule has 1 unspecified atom stereocenters. The molecule has 0 bridgehead atoms. The number of carbonyl (C=O) groups excluding carboxylic acids is 2. The van der Waals surface area contributed by atoms with Gasteiger partial charge in [0.1, 0.15) is 0 Å². The van der Waals surface area contributed by atoms with Gasteiger partial charge in [-0.05, 0) is 42.8 Å². The largest absolute Gasteiger partial charge is 0.503 e. The van der Waals surface area contributed by atoms with E-state index in [2.05, 4.69) is 4.98 Å². The Morgan fingerprint density at radius 1 is 1.14 bits per heavy atom. The molecule has 1 aliphatic rings. The number of amides is 1. The summed E-state index contributed by atoms with van der Waals surface area (Å²) in [6.45, 7) is 1.92. The van der Waals surface area contributed by atoms with E-state index in [-0.39, 0.29) is 11.3 Å². The number of anilines is 1. The standard InChI is InChI=1S/C28H19ClN2O5S/c1-14-5-3-6-15(11-14)23-22(24(32)20-12-16-7-4-8-19(35-2)26(16)36-20)25(33)27(34)31(23)28-30-18-10-9-17(29)13-21(18)37-28/h3-13,23,33H,1-2H3. The minimum absolute atomic E-state index is 0.00978. The van der Waals surface area contributed by atoms with Gasteiger partial charge in [0.2, 0.25) is 5.78 Å². The molecule has 0 fully saturated rings. The monoisotopic (exact) mass is 530 g/mol. The quantitative estimate of drug-likeness (QED) is 0.251. The molecule has 7 nitrogen and oxygen atoms in total. The molecule has 0 saturated carbocycles. The van der Waals surface area contributed by atoms with Gasteiger partial charge in [0.05, 0.1) is 28.9 Å². The van der Waals surface area contributed by atoms with Gasteiger partial charge in [-0.2, -0.15) is 0 Å². The second kappa shape index (κ2) is 8.76. The highest BCUT2D eigenvalue weighted by Crippen LogP contribution is 2.45. The van der Waals surface area contributed by atoms with Gasteiger partial charge in [0.15, 0.2) is 28.0 Å². The fourth-order valence-electron chi connectivity index (χ4n) is 4.62. The number of thiazole rings is 1. The number of aliphatic hydroxyl groups is 1. The van der Waals surface area contributed by atoms with Crippen molar-refractivity contribution in [2.24, 2.45) is 0 Å². The highest BCUT2D eigenvalue weighted by Gasteiger charge is 2.46. The third-order valence-corrected chi connectivity index (χ3v) is 7.56. The van der Waals surface area contributed by atoms with Crippen molar-refractivity contribution in [2.45, 2.75) is 13.0 Å². The second-order valence-corrected chi connectivity index (χ2v) is 10.1. The molecular weight excluding hydrogens is 512 g/mol. The molecular formula is C28H19ClN2O5S. The second-order valence-electron chi connectivity index (χ2n) is 8.68. The Kier molecular flexibility index (Phi) is 5.51. The lowest BCUT2D eigenvalue weighted by molar-refractivity contribution is -0.117. The number of rotatable bonds is 5. The van der Waals surface area contributed by atoms with E-state index in [1.54, 1.807) is 42.5 Å². The number of benzene rings is 3. The molecule has 9 heteroatoms. The number of methoxy groups -OCH3 is 1. The van der Waals surface area contributed by atoms with Crippen molar-refractivity contribution in [3.8, 4) is 5.75 Å². The highest BCUT2D eigenvalue weighted by atomic mass is 35.5. The van der Waals surface area contributed by atoms with Crippen LogP contribution >= 0.6 is 22.9 Å². The summed E-state index contributed by atoms with van der Waals surface area (Å²) < 4.78 is 12.0. The normalized spacial score (nSPS) is 15.8. The molecule has 3 heterocycles. The number of carbonyl (C=O) groups is 2. The first-order chi connectivity index (χ1) is 17.9.